The minimum atomic E-state index is -4.96. The second kappa shape index (κ2) is 75.5. The molecule has 0 fully saturated rings. The van der Waals surface area contributed by atoms with Gasteiger partial charge in [-0.2, -0.15) is 0 Å². The summed E-state index contributed by atoms with van der Waals surface area (Å²) in [7, 11) is -9.92. The molecule has 0 aliphatic rings. The van der Waals surface area contributed by atoms with Gasteiger partial charge in [-0.3, -0.25) is 37.3 Å². The standard InChI is InChI=1S/C84H164O17P2/c1-7-10-12-14-16-18-20-22-24-30-34-37-41-48-54-60-66-81(86)94-72-79(100-84(89)69-63-57-51-43-39-35-31-28-26-25-27-29-32-36-40-46-52-58-64-76(4)5)74-98-102(90,91)96-70-78(85)71-97-103(92,93)99-75-80(73-95-82(87)67-61-55-49-45-44-47-53-59-65-77(6)9-3)101-83(88)68-62-56-50-42-38-33-23-21-19-17-15-13-11-8-2/h76-80,85H,7-75H2,1-6H3,(H,90,91)(H,92,93)/t77?,78-,79-,80-/m1/s1. The van der Waals surface area contributed by atoms with Gasteiger partial charge < -0.3 is 33.8 Å². The third-order valence-corrected chi connectivity index (χ3v) is 22.0. The molecule has 3 N–H and O–H groups in total. The number of phosphoric acid groups is 2. The highest BCUT2D eigenvalue weighted by molar-refractivity contribution is 7.47. The van der Waals surface area contributed by atoms with Crippen molar-refractivity contribution in [3.63, 3.8) is 0 Å². The number of carbonyl (C=O) groups excluding carboxylic acids is 4. The van der Waals surface area contributed by atoms with Gasteiger partial charge in [0, 0.05) is 25.7 Å². The summed E-state index contributed by atoms with van der Waals surface area (Å²) in [6.45, 7) is 9.70. The Labute approximate surface area is 632 Å². The zero-order chi connectivity index (χ0) is 75.6. The molecule has 6 atom stereocenters. The predicted octanol–water partition coefficient (Wildman–Crippen LogP) is 25.5. The Hall–Kier alpha value is -1.94. The van der Waals surface area contributed by atoms with Crippen LogP contribution in [0.1, 0.15) is 446 Å². The van der Waals surface area contributed by atoms with Crippen LogP contribution in [0.4, 0.5) is 0 Å². The third-order valence-electron chi connectivity index (χ3n) is 20.1. The van der Waals surface area contributed by atoms with Crippen molar-refractivity contribution in [1.82, 2.24) is 0 Å². The van der Waals surface area contributed by atoms with Crippen LogP contribution in [0.5, 0.6) is 0 Å². The Balaban J connectivity index is 5.25. The van der Waals surface area contributed by atoms with Crippen LogP contribution in [0.2, 0.25) is 0 Å². The Morgan fingerprint density at radius 3 is 0.738 bits per heavy atom. The van der Waals surface area contributed by atoms with Crippen LogP contribution < -0.4 is 0 Å². The fourth-order valence-corrected chi connectivity index (χ4v) is 14.6. The molecular formula is C84H164O17P2. The van der Waals surface area contributed by atoms with E-state index in [1.165, 1.54) is 263 Å². The molecule has 0 radical (unpaired) electrons. The average Bonchev–Trinajstić information content (AvgIpc) is 0.905. The SMILES string of the molecule is CCCCCCCCCCCCCCCCCCC(=O)OC[C@H](COP(=O)(O)OC[C@@H](O)COP(=O)(O)OC[C@@H](COC(=O)CCCCCCCCCCC(C)CC)OC(=O)CCCCCCCCCCCCCCCC)OC(=O)CCCCCCCCCCCCCCCCCCCCC(C)C. The van der Waals surface area contributed by atoms with E-state index in [0.29, 0.717) is 25.7 Å². The minimum absolute atomic E-state index is 0.108. The van der Waals surface area contributed by atoms with Gasteiger partial charge in [-0.15, -0.1) is 0 Å². The molecule has 0 spiro atoms. The van der Waals surface area contributed by atoms with Crippen molar-refractivity contribution in [1.29, 1.82) is 0 Å². The summed E-state index contributed by atoms with van der Waals surface area (Å²) < 4.78 is 68.8. The molecule has 0 rings (SSSR count). The first-order valence-corrected chi connectivity index (χ1v) is 46.5. The third kappa shape index (κ3) is 76.6. The first-order valence-electron chi connectivity index (χ1n) is 43.5. The summed E-state index contributed by atoms with van der Waals surface area (Å²) >= 11 is 0. The van der Waals surface area contributed by atoms with Crippen LogP contribution >= 0.6 is 15.6 Å². The van der Waals surface area contributed by atoms with Crippen LogP contribution in [-0.4, -0.2) is 96.7 Å². The van der Waals surface area contributed by atoms with E-state index in [4.69, 9.17) is 37.0 Å². The molecule has 0 heterocycles. The molecule has 0 amide bonds. The molecule has 0 aliphatic carbocycles. The van der Waals surface area contributed by atoms with Crippen LogP contribution in [0.15, 0.2) is 0 Å². The van der Waals surface area contributed by atoms with E-state index in [9.17, 15) is 43.2 Å². The lowest BCUT2D eigenvalue weighted by Crippen LogP contribution is -2.30. The summed E-state index contributed by atoms with van der Waals surface area (Å²) in [5, 5.41) is 10.7. The van der Waals surface area contributed by atoms with Crippen LogP contribution in [0.3, 0.4) is 0 Å². The summed E-state index contributed by atoms with van der Waals surface area (Å²) in [5.41, 5.74) is 0. The Bertz CT molecular complexity index is 1980. The lowest BCUT2D eigenvalue weighted by Gasteiger charge is -2.21. The highest BCUT2D eigenvalue weighted by atomic mass is 31.2. The normalized spacial score (nSPS) is 14.1. The number of esters is 4. The van der Waals surface area contributed by atoms with Gasteiger partial charge in [-0.1, -0.05) is 395 Å². The molecule has 0 bridgehead atoms. The van der Waals surface area contributed by atoms with E-state index in [1.54, 1.807) is 0 Å². The molecule has 19 heteroatoms. The average molecular weight is 1510 g/mol. The van der Waals surface area contributed by atoms with Gasteiger partial charge in [0.15, 0.2) is 12.2 Å². The zero-order valence-electron chi connectivity index (χ0n) is 67.6. The molecule has 17 nitrogen and oxygen atoms in total. The molecule has 0 saturated carbocycles. The van der Waals surface area contributed by atoms with E-state index < -0.39 is 97.5 Å². The van der Waals surface area contributed by atoms with Crippen molar-refractivity contribution in [2.45, 2.75) is 464 Å². The molecule has 103 heavy (non-hydrogen) atoms. The predicted molar refractivity (Wildman–Crippen MR) is 423 cm³/mol. The molecular weight excluding hydrogens is 1340 g/mol. The van der Waals surface area contributed by atoms with Crippen molar-refractivity contribution in [2.24, 2.45) is 11.8 Å². The number of carbonyl (C=O) groups is 4. The Morgan fingerprint density at radius 1 is 0.282 bits per heavy atom. The van der Waals surface area contributed by atoms with Gasteiger partial charge in [0.25, 0.3) is 0 Å². The molecule has 0 aliphatic heterocycles. The zero-order valence-corrected chi connectivity index (χ0v) is 69.4. The van der Waals surface area contributed by atoms with Gasteiger partial charge in [0.05, 0.1) is 26.4 Å². The van der Waals surface area contributed by atoms with Crippen LogP contribution in [0, 0.1) is 11.8 Å². The quantitative estimate of drug-likeness (QED) is 0.0222. The number of aliphatic hydroxyl groups is 1. The topological polar surface area (TPSA) is 237 Å². The Kier molecular flexibility index (Phi) is 74.1. The maximum atomic E-state index is 13.1. The monoisotopic (exact) mass is 1510 g/mol. The molecule has 3 unspecified atom stereocenters. The number of ether oxygens (including phenoxy) is 4. The number of phosphoric ester groups is 2. The summed E-state index contributed by atoms with van der Waals surface area (Å²) in [6, 6.07) is 0. The number of hydrogen-bond acceptors (Lipinski definition) is 15. The van der Waals surface area contributed by atoms with Crippen LogP contribution in [0.25, 0.3) is 0 Å². The number of rotatable bonds is 83. The van der Waals surface area contributed by atoms with E-state index >= 15 is 0 Å². The summed E-state index contributed by atoms with van der Waals surface area (Å²) in [5.74, 6) is -0.505. The molecule has 0 aromatic rings. The van der Waals surface area contributed by atoms with Crippen molar-refractivity contribution in [2.75, 3.05) is 39.6 Å². The van der Waals surface area contributed by atoms with Gasteiger partial charge in [-0.05, 0) is 37.5 Å². The second-order valence-electron chi connectivity index (χ2n) is 30.9. The first kappa shape index (κ1) is 101. The first-order chi connectivity index (χ1) is 49.9. The van der Waals surface area contributed by atoms with Crippen LogP contribution in [-0.2, 0) is 65.4 Å². The van der Waals surface area contributed by atoms with Crippen molar-refractivity contribution < 1.29 is 80.2 Å². The molecule has 0 aromatic carbocycles. The van der Waals surface area contributed by atoms with Crippen molar-refractivity contribution in [3.05, 3.63) is 0 Å². The smallest absolute Gasteiger partial charge is 0.462 e. The number of unbranched alkanes of at least 4 members (excludes halogenated alkanes) is 52. The van der Waals surface area contributed by atoms with Crippen molar-refractivity contribution >= 4 is 39.5 Å². The molecule has 0 aromatic heterocycles. The maximum Gasteiger partial charge on any atom is 0.472 e. The lowest BCUT2D eigenvalue weighted by atomic mass is 9.99. The second-order valence-corrected chi connectivity index (χ2v) is 33.8. The highest BCUT2D eigenvalue weighted by Gasteiger charge is 2.30. The fraction of sp³-hybridized carbons (Fsp3) is 0.952. The summed E-state index contributed by atoms with van der Waals surface area (Å²) in [6.07, 6.45) is 66.5. The van der Waals surface area contributed by atoms with E-state index in [1.807, 2.05) is 0 Å². The van der Waals surface area contributed by atoms with E-state index in [2.05, 4.69) is 41.5 Å². The largest absolute Gasteiger partial charge is 0.472 e. The van der Waals surface area contributed by atoms with E-state index in [-0.39, 0.29) is 25.7 Å². The number of hydrogen-bond donors (Lipinski definition) is 3. The minimum Gasteiger partial charge on any atom is -0.462 e. The van der Waals surface area contributed by atoms with Gasteiger partial charge in [0.2, 0.25) is 0 Å². The van der Waals surface area contributed by atoms with Crippen molar-refractivity contribution in [3.8, 4) is 0 Å². The number of aliphatic hydroxyl groups excluding tert-OH is 1. The fourth-order valence-electron chi connectivity index (χ4n) is 13.0. The Morgan fingerprint density at radius 2 is 0.495 bits per heavy atom. The van der Waals surface area contributed by atoms with Gasteiger partial charge in [-0.25, -0.2) is 9.13 Å². The lowest BCUT2D eigenvalue weighted by molar-refractivity contribution is -0.161. The highest BCUT2D eigenvalue weighted by Crippen LogP contribution is 2.45. The molecule has 612 valence electrons. The van der Waals surface area contributed by atoms with Gasteiger partial charge >= 0.3 is 39.5 Å². The summed E-state index contributed by atoms with van der Waals surface area (Å²) in [4.78, 5) is 73.2. The van der Waals surface area contributed by atoms with Gasteiger partial charge in [0.1, 0.15) is 19.3 Å². The van der Waals surface area contributed by atoms with E-state index in [0.717, 1.165) is 102 Å². The maximum absolute atomic E-state index is 13.1. The molecule has 0 saturated heterocycles.